The van der Waals surface area contributed by atoms with Crippen LogP contribution in [-0.2, 0) is 7.05 Å². The van der Waals surface area contributed by atoms with Gasteiger partial charge in [0.25, 0.3) is 0 Å². The second-order valence-corrected chi connectivity index (χ2v) is 6.89. The van der Waals surface area contributed by atoms with Gasteiger partial charge in [0, 0.05) is 43.0 Å². The van der Waals surface area contributed by atoms with Crippen molar-refractivity contribution < 1.29 is 22.7 Å². The number of aromatic nitrogens is 1. The molecule has 0 saturated heterocycles. The molecule has 0 fully saturated rings. The van der Waals surface area contributed by atoms with Gasteiger partial charge in [0.2, 0.25) is 5.69 Å². The maximum atomic E-state index is 9.45. The van der Waals surface area contributed by atoms with Crippen LogP contribution < -0.4 is 4.57 Å². The molecule has 0 aliphatic heterocycles. The van der Waals surface area contributed by atoms with Gasteiger partial charge in [0.1, 0.15) is 18.2 Å². The van der Waals surface area contributed by atoms with Crippen LogP contribution in [0.5, 0.6) is 0 Å². The summed E-state index contributed by atoms with van der Waals surface area (Å²) in [6.07, 6.45) is 0. The standard InChI is InChI=1S/C25H25N2O/c1-14(2)19-12-21(27(6)17(5)16(19)4)24-15(3)7-9-23-25(24)20-11-18(13-26)8-10-22(20)28-23/h7-12,14H,1-6H3/q+1/i1D3,2D3,4D3,14D. The fourth-order valence-corrected chi connectivity index (χ4v) is 3.66. The van der Waals surface area contributed by atoms with Gasteiger partial charge < -0.3 is 4.42 Å². The highest BCUT2D eigenvalue weighted by molar-refractivity contribution is 6.12. The molecule has 0 atom stereocenters. The minimum absolute atomic E-state index is 0.101. The van der Waals surface area contributed by atoms with Crippen LogP contribution in [0.15, 0.2) is 40.8 Å². The quantitative estimate of drug-likeness (QED) is 0.401. The average Bonchev–Trinajstić information content (AvgIpc) is 3.15. The first-order valence-corrected chi connectivity index (χ1v) is 8.75. The molecule has 0 spiro atoms. The van der Waals surface area contributed by atoms with Crippen LogP contribution in [0, 0.1) is 32.0 Å². The van der Waals surface area contributed by atoms with Gasteiger partial charge in [-0.25, -0.2) is 0 Å². The summed E-state index contributed by atoms with van der Waals surface area (Å²) in [5.41, 5.74) is 1.93. The molecule has 3 heteroatoms. The third kappa shape index (κ3) is 2.60. The van der Waals surface area contributed by atoms with Crippen molar-refractivity contribution in [2.75, 3.05) is 0 Å². The molecule has 2 heterocycles. The predicted molar refractivity (Wildman–Crippen MR) is 113 cm³/mol. The molecule has 0 amide bonds. The molecule has 0 bridgehead atoms. The van der Waals surface area contributed by atoms with Crippen molar-refractivity contribution in [2.45, 2.75) is 40.3 Å². The molecule has 2 aromatic carbocycles. The van der Waals surface area contributed by atoms with Crippen molar-refractivity contribution in [1.82, 2.24) is 0 Å². The van der Waals surface area contributed by atoms with E-state index in [1.807, 2.05) is 0 Å². The number of benzene rings is 2. The van der Waals surface area contributed by atoms with Gasteiger partial charge in [0.15, 0.2) is 5.69 Å². The molecule has 0 radical (unpaired) electrons. The van der Waals surface area contributed by atoms with E-state index in [9.17, 15) is 5.26 Å². The Labute approximate surface area is 179 Å². The third-order valence-corrected chi connectivity index (χ3v) is 5.28. The summed E-state index contributed by atoms with van der Waals surface area (Å²) in [5.74, 6) is -3.23. The zero-order valence-corrected chi connectivity index (χ0v) is 15.8. The summed E-state index contributed by atoms with van der Waals surface area (Å²) < 4.78 is 89.0. The van der Waals surface area contributed by atoms with Gasteiger partial charge in [0.05, 0.1) is 17.2 Å². The summed E-state index contributed by atoms with van der Waals surface area (Å²) in [5, 5.41) is 10.7. The van der Waals surface area contributed by atoms with Gasteiger partial charge in [-0.1, -0.05) is 19.8 Å². The van der Waals surface area contributed by atoms with Gasteiger partial charge in [-0.2, -0.15) is 9.83 Å². The maximum absolute atomic E-state index is 9.45. The fourth-order valence-electron chi connectivity index (χ4n) is 3.66. The lowest BCUT2D eigenvalue weighted by molar-refractivity contribution is -0.667. The molecular formula is C25H25N2O+. The van der Waals surface area contributed by atoms with Crippen molar-refractivity contribution in [3.8, 4) is 17.3 Å². The van der Waals surface area contributed by atoms with Crippen LogP contribution in [0.2, 0.25) is 0 Å². The number of nitrogens with zero attached hydrogens (tertiary/aromatic N) is 2. The number of fused-ring (bicyclic) bond motifs is 3. The smallest absolute Gasteiger partial charge is 0.213 e. The Morgan fingerprint density at radius 3 is 2.64 bits per heavy atom. The number of hydrogen-bond donors (Lipinski definition) is 0. The van der Waals surface area contributed by atoms with Crippen molar-refractivity contribution in [3.63, 3.8) is 0 Å². The van der Waals surface area contributed by atoms with E-state index in [2.05, 4.69) is 6.07 Å². The normalized spacial score (nSPS) is 18.5. The van der Waals surface area contributed by atoms with E-state index in [4.69, 9.17) is 18.1 Å². The molecule has 0 aliphatic carbocycles. The highest BCUT2D eigenvalue weighted by Gasteiger charge is 2.25. The summed E-state index contributed by atoms with van der Waals surface area (Å²) in [6, 6.07) is 11.8. The first-order valence-electron chi connectivity index (χ1n) is 13.8. The van der Waals surface area contributed by atoms with E-state index in [-0.39, 0.29) is 5.69 Å². The average molecular weight is 380 g/mol. The van der Waals surface area contributed by atoms with Gasteiger partial charge in [-0.05, 0) is 55.1 Å². The second kappa shape index (κ2) is 6.49. The summed E-state index contributed by atoms with van der Waals surface area (Å²) in [7, 11) is 1.60. The first-order chi connectivity index (χ1) is 17.3. The zero-order valence-electron chi connectivity index (χ0n) is 25.8. The van der Waals surface area contributed by atoms with E-state index < -0.39 is 37.6 Å². The number of rotatable bonds is 2. The van der Waals surface area contributed by atoms with Gasteiger partial charge >= 0.3 is 0 Å². The molecule has 0 saturated carbocycles. The van der Waals surface area contributed by atoms with E-state index in [1.54, 1.807) is 48.9 Å². The monoisotopic (exact) mass is 379 g/mol. The highest BCUT2D eigenvalue weighted by atomic mass is 16.3. The van der Waals surface area contributed by atoms with E-state index in [0.717, 1.165) is 0 Å². The Kier molecular flexibility index (Phi) is 2.29. The highest BCUT2D eigenvalue weighted by Crippen LogP contribution is 2.39. The summed E-state index contributed by atoms with van der Waals surface area (Å²) >= 11 is 0. The summed E-state index contributed by atoms with van der Waals surface area (Å²) in [4.78, 5) is 0. The number of nitriles is 1. The Morgan fingerprint density at radius 1 is 1.14 bits per heavy atom. The van der Waals surface area contributed by atoms with Crippen LogP contribution in [0.4, 0.5) is 0 Å². The lowest BCUT2D eigenvalue weighted by atomic mass is 9.92. The van der Waals surface area contributed by atoms with E-state index >= 15 is 0 Å². The van der Waals surface area contributed by atoms with Gasteiger partial charge in [-0.3, -0.25) is 0 Å². The topological polar surface area (TPSA) is 40.8 Å². The van der Waals surface area contributed by atoms with Crippen molar-refractivity contribution >= 4 is 21.9 Å². The Balaban J connectivity index is 2.26. The van der Waals surface area contributed by atoms with Crippen LogP contribution in [-0.4, -0.2) is 0 Å². The minimum atomic E-state index is -3.38. The van der Waals surface area contributed by atoms with Crippen LogP contribution >= 0.6 is 0 Å². The van der Waals surface area contributed by atoms with Gasteiger partial charge in [-0.15, -0.1) is 0 Å². The van der Waals surface area contributed by atoms with Crippen LogP contribution in [0.3, 0.4) is 0 Å². The first kappa shape index (κ1) is 9.89. The molecule has 3 nitrogen and oxygen atoms in total. The number of hydrogen-bond acceptors (Lipinski definition) is 2. The van der Waals surface area contributed by atoms with Crippen LogP contribution in [0.1, 0.15) is 61.3 Å². The molecule has 4 rings (SSSR count). The summed E-state index contributed by atoms with van der Waals surface area (Å²) in [6.45, 7) is -6.40. The molecule has 0 N–H and O–H groups in total. The molecule has 0 aliphatic rings. The predicted octanol–water partition coefficient (Wildman–Crippen LogP) is 6.00. The van der Waals surface area contributed by atoms with E-state index in [0.29, 0.717) is 44.3 Å². The minimum Gasteiger partial charge on any atom is -0.456 e. The van der Waals surface area contributed by atoms with E-state index in [1.165, 1.54) is 13.0 Å². The largest absolute Gasteiger partial charge is 0.456 e. The Bertz CT molecular complexity index is 1620. The number of furan rings is 1. The maximum Gasteiger partial charge on any atom is 0.213 e. The Morgan fingerprint density at radius 2 is 1.93 bits per heavy atom. The van der Waals surface area contributed by atoms with Crippen LogP contribution in [0.25, 0.3) is 33.2 Å². The molecular weight excluding hydrogens is 344 g/mol. The van der Waals surface area contributed by atoms with Crippen molar-refractivity contribution in [2.24, 2.45) is 7.05 Å². The lowest BCUT2D eigenvalue weighted by Gasteiger charge is -2.15. The third-order valence-electron chi connectivity index (χ3n) is 5.28. The van der Waals surface area contributed by atoms with Crippen molar-refractivity contribution in [1.29, 1.82) is 5.26 Å². The fraction of sp³-hybridized carbons (Fsp3) is 0.280. The molecule has 140 valence electrons. The molecule has 0 unspecified atom stereocenters. The zero-order chi connectivity index (χ0) is 28.6. The van der Waals surface area contributed by atoms with Crippen molar-refractivity contribution in [3.05, 3.63) is 64.3 Å². The SMILES string of the molecule is [2H]C([2H])([2H])c1c(C([2H])(C([2H])([2H])[2H])C([2H])([2H])[2H])cc(-c2c(C)ccc3oc4ccc(C#N)cc4c23)[n+](C)c1C. The number of aryl methyl sites for hydroxylation is 1. The molecule has 28 heavy (non-hydrogen) atoms. The lowest BCUT2D eigenvalue weighted by Crippen LogP contribution is -2.36. The number of pyridine rings is 1. The molecule has 4 aromatic rings. The Hall–Kier alpha value is -3.12. The second-order valence-electron chi connectivity index (χ2n) is 6.89. The molecule has 2 aromatic heterocycles.